The summed E-state index contributed by atoms with van der Waals surface area (Å²) >= 11 is 0. The van der Waals surface area contributed by atoms with Gasteiger partial charge in [0.1, 0.15) is 28.2 Å². The molecule has 0 bridgehead atoms. The molecule has 0 saturated heterocycles. The van der Waals surface area contributed by atoms with Crippen molar-refractivity contribution in [3.05, 3.63) is 45.6 Å². The Hall–Kier alpha value is -3.15. The van der Waals surface area contributed by atoms with E-state index in [-0.39, 0.29) is 28.0 Å². The number of methoxy groups -OCH3 is 2. The van der Waals surface area contributed by atoms with Crippen molar-refractivity contribution in [3.8, 4) is 34.3 Å². The van der Waals surface area contributed by atoms with Crippen molar-refractivity contribution >= 4 is 11.0 Å². The summed E-state index contributed by atoms with van der Waals surface area (Å²) in [6.45, 7) is 3.17. The fourth-order valence-electron chi connectivity index (χ4n) is 2.80. The van der Waals surface area contributed by atoms with Gasteiger partial charge in [0.2, 0.25) is 0 Å². The fraction of sp³-hybridized carbons (Fsp3) is 0.211. The Morgan fingerprint density at radius 3 is 2.24 bits per heavy atom. The van der Waals surface area contributed by atoms with Crippen molar-refractivity contribution in [3.63, 3.8) is 0 Å². The van der Waals surface area contributed by atoms with Crippen molar-refractivity contribution in [2.75, 3.05) is 14.2 Å². The summed E-state index contributed by atoms with van der Waals surface area (Å²) in [4.78, 5) is 12.5. The molecule has 0 radical (unpaired) electrons. The Kier molecular flexibility index (Phi) is 4.04. The molecule has 1 aromatic heterocycles. The van der Waals surface area contributed by atoms with Gasteiger partial charge in [-0.25, -0.2) is 0 Å². The summed E-state index contributed by atoms with van der Waals surface area (Å²) in [6, 6.07) is 6.43. The van der Waals surface area contributed by atoms with Gasteiger partial charge in [0.15, 0.2) is 16.9 Å². The average molecular weight is 342 g/mol. The van der Waals surface area contributed by atoms with Gasteiger partial charge in [0.25, 0.3) is 0 Å². The number of aromatic hydroxyl groups is 2. The van der Waals surface area contributed by atoms with E-state index in [0.717, 1.165) is 0 Å². The zero-order valence-corrected chi connectivity index (χ0v) is 14.3. The van der Waals surface area contributed by atoms with E-state index < -0.39 is 5.43 Å². The van der Waals surface area contributed by atoms with Gasteiger partial charge in [-0.05, 0) is 32.0 Å². The van der Waals surface area contributed by atoms with Crippen LogP contribution in [-0.4, -0.2) is 24.4 Å². The van der Waals surface area contributed by atoms with Gasteiger partial charge >= 0.3 is 0 Å². The summed E-state index contributed by atoms with van der Waals surface area (Å²) in [6.07, 6.45) is 0. The first-order chi connectivity index (χ1) is 11.9. The third-order valence-corrected chi connectivity index (χ3v) is 4.26. The first kappa shape index (κ1) is 16.7. The van der Waals surface area contributed by atoms with Crippen LogP contribution >= 0.6 is 0 Å². The van der Waals surface area contributed by atoms with Crippen molar-refractivity contribution < 1.29 is 24.1 Å². The highest BCUT2D eigenvalue weighted by Crippen LogP contribution is 2.39. The molecule has 2 N–H and O–H groups in total. The third-order valence-electron chi connectivity index (χ3n) is 4.26. The van der Waals surface area contributed by atoms with E-state index >= 15 is 0 Å². The molecule has 3 aromatic rings. The van der Waals surface area contributed by atoms with Crippen molar-refractivity contribution in [1.82, 2.24) is 0 Å². The summed E-state index contributed by atoms with van der Waals surface area (Å²) in [5, 5.41) is 20.4. The monoisotopic (exact) mass is 342 g/mol. The second kappa shape index (κ2) is 6.05. The normalized spacial score (nSPS) is 10.9. The zero-order valence-electron chi connectivity index (χ0n) is 14.3. The quantitative estimate of drug-likeness (QED) is 0.757. The molecule has 1 heterocycles. The van der Waals surface area contributed by atoms with E-state index in [2.05, 4.69) is 0 Å². The Morgan fingerprint density at radius 1 is 0.920 bits per heavy atom. The van der Waals surface area contributed by atoms with Crippen LogP contribution in [0.4, 0.5) is 0 Å². The molecule has 0 saturated carbocycles. The number of benzene rings is 2. The molecule has 0 spiro atoms. The molecular weight excluding hydrogens is 324 g/mol. The predicted molar refractivity (Wildman–Crippen MR) is 93.8 cm³/mol. The molecule has 2 aromatic carbocycles. The lowest BCUT2D eigenvalue weighted by Crippen LogP contribution is -2.03. The maximum Gasteiger partial charge on any atom is 0.197 e. The van der Waals surface area contributed by atoms with Crippen LogP contribution in [0.25, 0.3) is 22.3 Å². The maximum atomic E-state index is 12.5. The van der Waals surface area contributed by atoms with Crippen LogP contribution in [0.1, 0.15) is 11.1 Å². The molecule has 0 aliphatic heterocycles. The fourth-order valence-corrected chi connectivity index (χ4v) is 2.80. The minimum Gasteiger partial charge on any atom is -0.507 e. The topological polar surface area (TPSA) is 89.1 Å². The van der Waals surface area contributed by atoms with Gasteiger partial charge in [-0.1, -0.05) is 0 Å². The number of rotatable bonds is 3. The summed E-state index contributed by atoms with van der Waals surface area (Å²) in [7, 11) is 3.05. The van der Waals surface area contributed by atoms with Crippen LogP contribution in [0.15, 0.2) is 33.5 Å². The maximum absolute atomic E-state index is 12.5. The van der Waals surface area contributed by atoms with E-state index in [1.165, 1.54) is 20.3 Å². The summed E-state index contributed by atoms with van der Waals surface area (Å²) in [5.41, 5.74) is 1.00. The highest BCUT2D eigenvalue weighted by atomic mass is 16.5. The molecule has 25 heavy (non-hydrogen) atoms. The number of hydrogen-bond donors (Lipinski definition) is 2. The summed E-state index contributed by atoms with van der Waals surface area (Å²) in [5.74, 6) is 0.970. The Bertz CT molecular complexity index is 1030. The minimum absolute atomic E-state index is 0.0528. The van der Waals surface area contributed by atoms with Crippen LogP contribution < -0.4 is 14.9 Å². The van der Waals surface area contributed by atoms with Gasteiger partial charge in [0, 0.05) is 22.8 Å². The SMILES string of the molecule is COc1ccc(-c2cc(=O)c3c(O)c(C)c(O)c(C)c3o2)cc1OC. The first-order valence-corrected chi connectivity index (χ1v) is 7.60. The zero-order chi connectivity index (χ0) is 18.3. The predicted octanol–water partition coefficient (Wildman–Crippen LogP) is 3.51. The van der Waals surface area contributed by atoms with Crippen LogP contribution in [0, 0.1) is 13.8 Å². The Balaban J connectivity index is 2.31. The van der Waals surface area contributed by atoms with Gasteiger partial charge in [-0.3, -0.25) is 4.79 Å². The number of phenols is 2. The average Bonchev–Trinajstić information content (AvgIpc) is 2.63. The molecule has 0 fully saturated rings. The smallest absolute Gasteiger partial charge is 0.197 e. The van der Waals surface area contributed by atoms with Gasteiger partial charge in [-0.2, -0.15) is 0 Å². The molecule has 0 atom stereocenters. The molecule has 0 aliphatic rings. The largest absolute Gasteiger partial charge is 0.507 e. The second-order valence-electron chi connectivity index (χ2n) is 5.70. The molecule has 0 amide bonds. The lowest BCUT2D eigenvalue weighted by molar-refractivity contribution is 0.355. The van der Waals surface area contributed by atoms with E-state index in [4.69, 9.17) is 13.9 Å². The van der Waals surface area contributed by atoms with Crippen LogP contribution in [0.5, 0.6) is 23.0 Å². The highest BCUT2D eigenvalue weighted by molar-refractivity contribution is 5.90. The van der Waals surface area contributed by atoms with Crippen molar-refractivity contribution in [2.45, 2.75) is 13.8 Å². The van der Waals surface area contributed by atoms with Crippen LogP contribution in [0.3, 0.4) is 0 Å². The molecule has 3 rings (SSSR count). The first-order valence-electron chi connectivity index (χ1n) is 7.60. The molecule has 130 valence electrons. The van der Waals surface area contributed by atoms with Crippen molar-refractivity contribution in [2.24, 2.45) is 0 Å². The minimum atomic E-state index is -0.394. The third kappa shape index (κ3) is 2.55. The van der Waals surface area contributed by atoms with Gasteiger partial charge in [0.05, 0.1) is 14.2 Å². The van der Waals surface area contributed by atoms with Gasteiger partial charge < -0.3 is 24.1 Å². The van der Waals surface area contributed by atoms with Crippen molar-refractivity contribution in [1.29, 1.82) is 0 Å². The molecule has 0 aliphatic carbocycles. The molecular formula is C19H18O6. The number of aryl methyl sites for hydroxylation is 1. The number of hydrogen-bond acceptors (Lipinski definition) is 6. The van der Waals surface area contributed by atoms with E-state index in [1.54, 1.807) is 32.0 Å². The molecule has 0 unspecified atom stereocenters. The molecule has 6 nitrogen and oxygen atoms in total. The van der Waals surface area contributed by atoms with E-state index in [0.29, 0.717) is 28.4 Å². The Morgan fingerprint density at radius 2 is 1.60 bits per heavy atom. The number of phenolic OH excluding ortho intramolecular Hbond substituents is 2. The lowest BCUT2D eigenvalue weighted by Gasteiger charge is -2.12. The second-order valence-corrected chi connectivity index (χ2v) is 5.70. The van der Waals surface area contributed by atoms with E-state index in [1.807, 2.05) is 0 Å². The Labute approximate surface area is 143 Å². The standard InChI is InChI=1S/C19H18O6/c1-9-17(21)10(2)19-16(18(9)22)12(20)8-14(25-19)11-5-6-13(23-3)15(7-11)24-4/h5-8,21-22H,1-4H3. The number of ether oxygens (including phenoxy) is 2. The molecule has 6 heteroatoms. The van der Waals surface area contributed by atoms with Crippen LogP contribution in [-0.2, 0) is 0 Å². The lowest BCUT2D eigenvalue weighted by atomic mass is 10.0. The van der Waals surface area contributed by atoms with Gasteiger partial charge in [-0.15, -0.1) is 0 Å². The van der Waals surface area contributed by atoms with E-state index in [9.17, 15) is 15.0 Å². The highest BCUT2D eigenvalue weighted by Gasteiger charge is 2.19. The summed E-state index contributed by atoms with van der Waals surface area (Å²) < 4.78 is 16.3. The number of fused-ring (bicyclic) bond motifs is 1. The van der Waals surface area contributed by atoms with Crippen LogP contribution in [0.2, 0.25) is 0 Å².